The highest BCUT2D eigenvalue weighted by Crippen LogP contribution is 2.49. The second-order valence-corrected chi connectivity index (χ2v) is 12.9. The summed E-state index contributed by atoms with van der Waals surface area (Å²) in [5.74, 6) is 0. The van der Waals surface area contributed by atoms with E-state index in [4.69, 9.17) is 8.83 Å². The zero-order chi connectivity index (χ0) is 33.7. The number of para-hydroxylation sites is 3. The van der Waals surface area contributed by atoms with Gasteiger partial charge in [-0.25, -0.2) is 0 Å². The van der Waals surface area contributed by atoms with Crippen LogP contribution in [-0.2, 0) is 0 Å². The molecule has 2 heterocycles. The zero-order valence-electron chi connectivity index (χ0n) is 27.7. The Kier molecular flexibility index (Phi) is 6.81. The van der Waals surface area contributed by atoms with E-state index >= 15 is 0 Å². The molecule has 0 N–H and O–H groups in total. The number of hydrogen-bond acceptors (Lipinski definition) is 3. The number of fused-ring (bicyclic) bond motifs is 7. The lowest BCUT2D eigenvalue weighted by atomic mass is 9.97. The summed E-state index contributed by atoms with van der Waals surface area (Å²) in [5.41, 5.74) is 13.3. The highest BCUT2D eigenvalue weighted by atomic mass is 16.3. The summed E-state index contributed by atoms with van der Waals surface area (Å²) >= 11 is 0. The van der Waals surface area contributed by atoms with Crippen LogP contribution in [0.3, 0.4) is 0 Å². The number of nitrogens with zero attached hydrogens (tertiary/aromatic N) is 1. The topological polar surface area (TPSA) is 29.5 Å². The van der Waals surface area contributed by atoms with E-state index in [2.05, 4.69) is 175 Å². The first-order chi connectivity index (χ1) is 25.3. The van der Waals surface area contributed by atoms with Crippen molar-refractivity contribution in [2.45, 2.75) is 0 Å². The van der Waals surface area contributed by atoms with E-state index in [9.17, 15) is 0 Å². The summed E-state index contributed by atoms with van der Waals surface area (Å²) in [5, 5.41) is 4.26. The van der Waals surface area contributed by atoms with Gasteiger partial charge >= 0.3 is 0 Å². The van der Waals surface area contributed by atoms with Crippen LogP contribution >= 0.6 is 0 Å². The van der Waals surface area contributed by atoms with E-state index in [-0.39, 0.29) is 0 Å². The molecule has 0 aliphatic heterocycles. The van der Waals surface area contributed by atoms with Gasteiger partial charge in [-0.3, -0.25) is 0 Å². The Hall–Kier alpha value is -6.84. The predicted molar refractivity (Wildman–Crippen MR) is 212 cm³/mol. The lowest BCUT2D eigenvalue weighted by Gasteiger charge is -2.28. The van der Waals surface area contributed by atoms with Gasteiger partial charge < -0.3 is 13.7 Å². The van der Waals surface area contributed by atoms with Gasteiger partial charge in [-0.05, 0) is 58.1 Å². The molecule has 0 saturated carbocycles. The van der Waals surface area contributed by atoms with Crippen LogP contribution in [0, 0.1) is 0 Å². The molecule has 3 nitrogen and oxygen atoms in total. The van der Waals surface area contributed by atoms with E-state index in [1.807, 2.05) is 18.2 Å². The lowest BCUT2D eigenvalue weighted by molar-refractivity contribution is 0.663. The van der Waals surface area contributed by atoms with Gasteiger partial charge in [0.25, 0.3) is 0 Å². The first-order valence-corrected chi connectivity index (χ1v) is 17.3. The van der Waals surface area contributed by atoms with Crippen molar-refractivity contribution in [2.75, 3.05) is 4.90 Å². The molecule has 0 amide bonds. The van der Waals surface area contributed by atoms with E-state index in [1.54, 1.807) is 0 Å². The molecule has 0 aliphatic carbocycles. The molecule has 0 radical (unpaired) electrons. The average molecular weight is 654 g/mol. The molecule has 2 aromatic heterocycles. The molecular weight excluding hydrogens is 623 g/mol. The smallest absolute Gasteiger partial charge is 0.160 e. The zero-order valence-corrected chi connectivity index (χ0v) is 27.7. The Labute approximate surface area is 295 Å². The number of benzene rings is 8. The summed E-state index contributed by atoms with van der Waals surface area (Å²) in [6, 6.07) is 66.0. The molecule has 0 fully saturated rings. The largest absolute Gasteiger partial charge is 0.456 e. The van der Waals surface area contributed by atoms with Crippen molar-refractivity contribution in [1.82, 2.24) is 0 Å². The van der Waals surface area contributed by atoms with Gasteiger partial charge in [0.05, 0.1) is 11.4 Å². The van der Waals surface area contributed by atoms with Crippen LogP contribution in [0.4, 0.5) is 17.1 Å². The normalized spacial score (nSPS) is 11.5. The lowest BCUT2D eigenvalue weighted by Crippen LogP contribution is -2.11. The van der Waals surface area contributed by atoms with Crippen molar-refractivity contribution in [3.05, 3.63) is 188 Å². The van der Waals surface area contributed by atoms with Crippen molar-refractivity contribution in [3.8, 4) is 33.4 Å². The minimum absolute atomic E-state index is 0.816. The van der Waals surface area contributed by atoms with Gasteiger partial charge in [0.1, 0.15) is 16.7 Å². The summed E-state index contributed by atoms with van der Waals surface area (Å²) in [7, 11) is 0. The fraction of sp³-hybridized carbons (Fsp3) is 0. The standard InChI is InChI=1S/C48H31NO2/c1-3-13-32(14-4-1)34-23-25-36(26-24-34)38-17-7-10-20-41(38)49(37-29-27-35(28-30-37)33-15-5-2-6-16-33)42-31-45-46(39-18-8-11-21-43(39)50-45)47-40-19-9-12-22-44(40)51-48(42)47/h1-31H. The molecular formula is C48H31NO2. The monoisotopic (exact) mass is 653 g/mol. The van der Waals surface area contributed by atoms with Gasteiger partial charge in [0.15, 0.2) is 5.58 Å². The first-order valence-electron chi connectivity index (χ1n) is 17.3. The third-order valence-electron chi connectivity index (χ3n) is 9.89. The van der Waals surface area contributed by atoms with Crippen molar-refractivity contribution in [1.29, 1.82) is 0 Å². The minimum atomic E-state index is 0.816. The fourth-order valence-electron chi connectivity index (χ4n) is 7.48. The molecule has 240 valence electrons. The summed E-state index contributed by atoms with van der Waals surface area (Å²) < 4.78 is 13.5. The van der Waals surface area contributed by atoms with Crippen molar-refractivity contribution in [2.24, 2.45) is 0 Å². The van der Waals surface area contributed by atoms with Crippen LogP contribution in [0.25, 0.3) is 77.3 Å². The Morgan fingerprint density at radius 3 is 1.49 bits per heavy atom. The van der Waals surface area contributed by atoms with E-state index in [1.165, 1.54) is 16.7 Å². The van der Waals surface area contributed by atoms with Crippen LogP contribution in [-0.4, -0.2) is 0 Å². The first kappa shape index (κ1) is 29.1. The predicted octanol–water partition coefficient (Wildman–Crippen LogP) is 14.0. The summed E-state index contributed by atoms with van der Waals surface area (Å²) in [6.07, 6.45) is 0. The van der Waals surface area contributed by atoms with E-state index in [0.29, 0.717) is 0 Å². The molecule has 0 unspecified atom stereocenters. The molecule has 0 saturated heterocycles. The second-order valence-electron chi connectivity index (χ2n) is 12.9. The van der Waals surface area contributed by atoms with Crippen molar-refractivity contribution in [3.63, 3.8) is 0 Å². The summed E-state index contributed by atoms with van der Waals surface area (Å²) in [4.78, 5) is 2.33. The average Bonchev–Trinajstić information content (AvgIpc) is 3.78. The molecule has 3 heteroatoms. The fourth-order valence-corrected chi connectivity index (χ4v) is 7.48. The van der Waals surface area contributed by atoms with Gasteiger partial charge in [-0.15, -0.1) is 0 Å². The van der Waals surface area contributed by atoms with Crippen molar-refractivity contribution < 1.29 is 8.83 Å². The van der Waals surface area contributed by atoms with E-state index < -0.39 is 0 Å². The maximum absolute atomic E-state index is 6.85. The Balaban J connectivity index is 1.24. The number of anilines is 3. The third kappa shape index (κ3) is 4.90. The van der Waals surface area contributed by atoms with Crippen LogP contribution in [0.15, 0.2) is 197 Å². The van der Waals surface area contributed by atoms with Crippen LogP contribution in [0.2, 0.25) is 0 Å². The van der Waals surface area contributed by atoms with Crippen LogP contribution < -0.4 is 4.90 Å². The molecule has 0 atom stereocenters. The molecule has 10 aromatic rings. The number of hydrogen-bond donors (Lipinski definition) is 0. The van der Waals surface area contributed by atoms with Gasteiger partial charge in [-0.1, -0.05) is 152 Å². The molecule has 10 rings (SSSR count). The Morgan fingerprint density at radius 2 is 0.824 bits per heavy atom. The number of rotatable bonds is 6. The second kappa shape index (κ2) is 11.9. The Morgan fingerprint density at radius 1 is 0.333 bits per heavy atom. The third-order valence-corrected chi connectivity index (χ3v) is 9.89. The molecule has 0 spiro atoms. The SMILES string of the molecule is c1ccc(-c2ccc(-c3ccccc3N(c3ccc(-c4ccccc4)cc3)c3cc4oc5ccccc5c4c4c3oc3ccccc34)cc2)cc1. The minimum Gasteiger partial charge on any atom is -0.456 e. The molecule has 0 aliphatic rings. The Bertz CT molecular complexity index is 2830. The van der Waals surface area contributed by atoms with Gasteiger partial charge in [0, 0.05) is 38.9 Å². The van der Waals surface area contributed by atoms with E-state index in [0.717, 1.165) is 77.6 Å². The maximum Gasteiger partial charge on any atom is 0.160 e. The quantitative estimate of drug-likeness (QED) is 0.179. The maximum atomic E-state index is 6.85. The molecule has 51 heavy (non-hydrogen) atoms. The van der Waals surface area contributed by atoms with Crippen molar-refractivity contribution >= 4 is 60.9 Å². The van der Waals surface area contributed by atoms with Gasteiger partial charge in [0.2, 0.25) is 0 Å². The van der Waals surface area contributed by atoms with Crippen LogP contribution in [0.1, 0.15) is 0 Å². The number of furan rings is 2. The van der Waals surface area contributed by atoms with Gasteiger partial charge in [-0.2, -0.15) is 0 Å². The highest BCUT2D eigenvalue weighted by molar-refractivity contribution is 6.28. The molecule has 8 aromatic carbocycles. The highest BCUT2D eigenvalue weighted by Gasteiger charge is 2.26. The molecule has 0 bridgehead atoms. The summed E-state index contributed by atoms with van der Waals surface area (Å²) in [6.45, 7) is 0. The van der Waals surface area contributed by atoms with Crippen LogP contribution in [0.5, 0.6) is 0 Å².